The number of esters is 1. The smallest absolute Gasteiger partial charge is 0.435 e. The van der Waals surface area contributed by atoms with Gasteiger partial charge in [-0.3, -0.25) is 9.59 Å². The molecule has 1 aromatic heterocycles. The maximum atomic E-state index is 13.5. The number of carbonyl (C=O) groups is 2. The molecule has 0 saturated carbocycles. The Balaban J connectivity index is 1.50. The van der Waals surface area contributed by atoms with Gasteiger partial charge >= 0.3 is 12.1 Å². The van der Waals surface area contributed by atoms with Crippen molar-refractivity contribution in [1.82, 2.24) is 19.5 Å². The quantitative estimate of drug-likeness (QED) is 0.0883. The summed E-state index contributed by atoms with van der Waals surface area (Å²) in [6.45, 7) is 2.85. The third-order valence-corrected chi connectivity index (χ3v) is 7.77. The van der Waals surface area contributed by atoms with Gasteiger partial charge in [-0.1, -0.05) is 36.8 Å². The summed E-state index contributed by atoms with van der Waals surface area (Å²) in [4.78, 5) is 28.2. The molecule has 13 nitrogen and oxygen atoms in total. The van der Waals surface area contributed by atoms with Crippen molar-refractivity contribution < 1.29 is 45.7 Å². The number of carbonyl (C=O) groups excluding carboxylic acids is 2. The minimum atomic E-state index is -4.71. The summed E-state index contributed by atoms with van der Waals surface area (Å²) in [5.74, 6) is -1.58. The number of alkyl halides is 3. The molecule has 230 valence electrons. The SMILES string of the molecule is CCC(=O)OCO/N=[N+](\[O-])N1CCC[C@H]1C(=O)NS(=O)(=O)c1ccc(-n2nc(C(F)(F)F)cc2-c2ccc(C)cc2)cc1. The monoisotopic (exact) mass is 624 g/mol. The van der Waals surface area contributed by atoms with Crippen LogP contribution in [0.5, 0.6) is 0 Å². The lowest BCUT2D eigenvalue weighted by atomic mass is 10.1. The van der Waals surface area contributed by atoms with Gasteiger partial charge in [-0.15, -0.1) is 5.01 Å². The third-order valence-electron chi connectivity index (χ3n) is 6.41. The molecular formula is C26H27F3N6O7S. The van der Waals surface area contributed by atoms with Crippen molar-refractivity contribution in [2.24, 2.45) is 5.28 Å². The first-order chi connectivity index (χ1) is 20.3. The molecule has 2 heterocycles. The van der Waals surface area contributed by atoms with Gasteiger partial charge in [0.15, 0.2) is 11.7 Å². The van der Waals surface area contributed by atoms with Gasteiger partial charge in [0.05, 0.1) is 27.8 Å². The van der Waals surface area contributed by atoms with E-state index in [9.17, 15) is 36.4 Å². The molecule has 1 fully saturated rings. The second-order valence-corrected chi connectivity index (χ2v) is 11.1. The van der Waals surface area contributed by atoms with E-state index in [1.165, 1.54) is 12.1 Å². The van der Waals surface area contributed by atoms with Crippen LogP contribution in [0.25, 0.3) is 16.9 Å². The number of hydrogen-bond acceptors (Lipinski definition) is 9. The number of ether oxygens (including phenoxy) is 1. The van der Waals surface area contributed by atoms with Crippen LogP contribution in [0.15, 0.2) is 64.8 Å². The van der Waals surface area contributed by atoms with E-state index in [1.807, 2.05) is 11.6 Å². The van der Waals surface area contributed by atoms with Crippen molar-refractivity contribution in [3.63, 3.8) is 0 Å². The normalized spacial score (nSPS) is 15.8. The lowest BCUT2D eigenvalue weighted by Crippen LogP contribution is -2.47. The Hall–Kier alpha value is -4.67. The van der Waals surface area contributed by atoms with Crippen LogP contribution in [0, 0.1) is 12.1 Å². The van der Waals surface area contributed by atoms with E-state index in [2.05, 4.69) is 20.0 Å². The Morgan fingerprint density at radius 2 is 1.84 bits per heavy atom. The van der Waals surface area contributed by atoms with Crippen molar-refractivity contribution in [3.05, 3.63) is 71.1 Å². The Kier molecular flexibility index (Phi) is 9.22. The summed E-state index contributed by atoms with van der Waals surface area (Å²) in [6, 6.07) is 11.2. The highest BCUT2D eigenvalue weighted by atomic mass is 32.2. The van der Waals surface area contributed by atoms with Crippen molar-refractivity contribution >= 4 is 21.9 Å². The highest BCUT2D eigenvalue weighted by molar-refractivity contribution is 7.90. The molecule has 0 radical (unpaired) electrons. The Labute approximate surface area is 244 Å². The minimum Gasteiger partial charge on any atom is -0.569 e. The number of sulfonamides is 1. The average Bonchev–Trinajstić information content (AvgIpc) is 3.64. The van der Waals surface area contributed by atoms with Crippen molar-refractivity contribution in [2.75, 3.05) is 13.3 Å². The number of nitrogens with one attached hydrogen (secondary N) is 1. The zero-order chi connectivity index (χ0) is 31.4. The van der Waals surface area contributed by atoms with E-state index in [4.69, 9.17) is 0 Å². The van der Waals surface area contributed by atoms with E-state index < -0.39 is 46.6 Å². The van der Waals surface area contributed by atoms with E-state index in [1.54, 1.807) is 31.2 Å². The predicted molar refractivity (Wildman–Crippen MR) is 142 cm³/mol. The average molecular weight is 625 g/mol. The molecule has 1 saturated heterocycles. The first-order valence-electron chi connectivity index (χ1n) is 12.9. The van der Waals surface area contributed by atoms with Crippen LogP contribution in [0.4, 0.5) is 13.2 Å². The number of aromatic nitrogens is 2. The summed E-state index contributed by atoms with van der Waals surface area (Å²) in [5.41, 5.74) is 0.526. The first kappa shape index (κ1) is 31.3. The lowest BCUT2D eigenvalue weighted by Gasteiger charge is -2.19. The van der Waals surface area contributed by atoms with Crippen LogP contribution < -0.4 is 4.72 Å². The fourth-order valence-electron chi connectivity index (χ4n) is 4.21. The number of nitrogens with zero attached hydrogens (tertiary/aromatic N) is 5. The Bertz CT molecular complexity index is 1610. The summed E-state index contributed by atoms with van der Waals surface area (Å²) in [7, 11) is -4.44. The maximum absolute atomic E-state index is 13.5. The number of halogens is 3. The van der Waals surface area contributed by atoms with Gasteiger partial charge in [-0.05, 0) is 50.1 Å². The van der Waals surface area contributed by atoms with Crippen LogP contribution in [-0.4, -0.2) is 59.4 Å². The van der Waals surface area contributed by atoms with Gasteiger partial charge in [0.25, 0.3) is 22.7 Å². The molecular weight excluding hydrogens is 597 g/mol. The summed E-state index contributed by atoms with van der Waals surface area (Å²) in [5, 5.41) is 20.1. The number of aryl methyl sites for hydroxylation is 1. The van der Waals surface area contributed by atoms with Gasteiger partial charge in [0.2, 0.25) is 5.28 Å². The largest absolute Gasteiger partial charge is 0.569 e. The second kappa shape index (κ2) is 12.7. The predicted octanol–water partition coefficient (Wildman–Crippen LogP) is 3.86. The molecule has 3 aromatic rings. The zero-order valence-electron chi connectivity index (χ0n) is 22.9. The second-order valence-electron chi connectivity index (χ2n) is 9.43. The number of amides is 1. The number of hydrazine groups is 1. The third kappa shape index (κ3) is 7.40. The standard InChI is InChI=1S/C26H27F3N6O7S/c1-3-24(36)41-16-42-32-35(38)33-14-4-5-21(33)25(37)31-43(39,40)20-12-10-19(11-13-20)34-22(15-23(30-34)26(27,28)29)18-8-6-17(2)7-9-18/h6-13,15,21H,3-5,14,16H2,1-2H3,(H,31,37)/b35-32-/t21-/m0/s1. The fraction of sp³-hybridized carbons (Fsp3) is 0.346. The highest BCUT2D eigenvalue weighted by Crippen LogP contribution is 2.33. The molecule has 0 aliphatic carbocycles. The summed E-state index contributed by atoms with van der Waals surface area (Å²) in [6.07, 6.45) is -4.11. The molecule has 1 atom stereocenters. The molecule has 1 amide bonds. The van der Waals surface area contributed by atoms with Gasteiger partial charge in [-0.2, -0.15) is 18.3 Å². The van der Waals surface area contributed by atoms with E-state index >= 15 is 0 Å². The summed E-state index contributed by atoms with van der Waals surface area (Å²) >= 11 is 0. The maximum Gasteiger partial charge on any atom is 0.435 e. The molecule has 2 aromatic carbocycles. The van der Waals surface area contributed by atoms with Crippen LogP contribution in [0.1, 0.15) is 37.4 Å². The number of rotatable bonds is 10. The molecule has 43 heavy (non-hydrogen) atoms. The van der Waals surface area contributed by atoms with Crippen LogP contribution in [0.3, 0.4) is 0 Å². The minimum absolute atomic E-state index is 0.0244. The van der Waals surface area contributed by atoms with E-state index in [0.717, 1.165) is 33.5 Å². The fourth-order valence-corrected chi connectivity index (χ4v) is 5.22. The molecule has 4 rings (SSSR count). The number of hydrogen-bond donors (Lipinski definition) is 1. The van der Waals surface area contributed by atoms with Gasteiger partial charge in [-0.25, -0.2) is 17.8 Å². The molecule has 0 bridgehead atoms. The molecule has 1 N–H and O–H groups in total. The van der Waals surface area contributed by atoms with Crippen molar-refractivity contribution in [1.29, 1.82) is 0 Å². The highest BCUT2D eigenvalue weighted by Gasteiger charge is 2.39. The van der Waals surface area contributed by atoms with Gasteiger partial charge in [0, 0.05) is 12.0 Å². The molecule has 1 aliphatic rings. The van der Waals surface area contributed by atoms with Crippen LogP contribution in [-0.2, 0) is 35.4 Å². The molecule has 1 aliphatic heterocycles. The van der Waals surface area contributed by atoms with Crippen molar-refractivity contribution in [2.45, 2.75) is 50.2 Å². The van der Waals surface area contributed by atoms with Gasteiger partial charge < -0.3 is 14.8 Å². The van der Waals surface area contributed by atoms with E-state index in [-0.39, 0.29) is 40.6 Å². The summed E-state index contributed by atoms with van der Waals surface area (Å²) < 4.78 is 74.0. The molecule has 0 unspecified atom stereocenters. The zero-order valence-corrected chi connectivity index (χ0v) is 23.8. The number of benzene rings is 2. The molecule has 0 spiro atoms. The lowest BCUT2D eigenvalue weighted by molar-refractivity contribution is -0.712. The van der Waals surface area contributed by atoms with Crippen LogP contribution >= 0.6 is 0 Å². The first-order valence-corrected chi connectivity index (χ1v) is 14.4. The Morgan fingerprint density at radius 3 is 2.47 bits per heavy atom. The van der Waals surface area contributed by atoms with Crippen molar-refractivity contribution in [3.8, 4) is 16.9 Å². The van der Waals surface area contributed by atoms with Crippen LogP contribution in [0.2, 0.25) is 0 Å². The topological polar surface area (TPSA) is 158 Å². The van der Waals surface area contributed by atoms with Gasteiger partial charge in [0.1, 0.15) is 0 Å². The molecule has 17 heteroatoms. The van der Waals surface area contributed by atoms with E-state index in [0.29, 0.717) is 12.0 Å². The Morgan fingerprint density at radius 1 is 1.16 bits per heavy atom.